The highest BCUT2D eigenvalue weighted by Gasteiger charge is 2.34. The van der Waals surface area contributed by atoms with Gasteiger partial charge in [0.2, 0.25) is 0 Å². The molecule has 0 radical (unpaired) electrons. The van der Waals surface area contributed by atoms with E-state index in [4.69, 9.17) is 11.6 Å². The van der Waals surface area contributed by atoms with Crippen molar-refractivity contribution in [2.45, 2.75) is 35.6 Å². The maximum atomic E-state index is 14.6. The van der Waals surface area contributed by atoms with Gasteiger partial charge in [-0.15, -0.1) is 11.8 Å². The summed E-state index contributed by atoms with van der Waals surface area (Å²) in [6.45, 7) is 1.44. The molecule has 6 nitrogen and oxygen atoms in total. The van der Waals surface area contributed by atoms with Crippen LogP contribution in [0.3, 0.4) is 0 Å². The standard InChI is InChI=1S/C26H23ClFN5OS/c27-23-22(28)12-21-24(32-13-17-9-10-18(14-32)29-17)31-26(34)33(25(21)30-23)19-7-4-8-20(11-19)35-15-16-5-2-1-3-6-16/h1-8,11-12,17-18,29H,9-10,13-15H2. The molecule has 0 amide bonds. The molecule has 0 spiro atoms. The number of anilines is 1. The number of nitrogens with one attached hydrogen (secondary N) is 1. The fourth-order valence-corrected chi connectivity index (χ4v) is 6.02. The third kappa shape index (κ3) is 4.42. The Morgan fingerprint density at radius 1 is 1.03 bits per heavy atom. The monoisotopic (exact) mass is 507 g/mol. The highest BCUT2D eigenvalue weighted by Crippen LogP contribution is 2.31. The first-order valence-electron chi connectivity index (χ1n) is 11.6. The lowest BCUT2D eigenvalue weighted by atomic mass is 10.2. The highest BCUT2D eigenvalue weighted by molar-refractivity contribution is 7.98. The Morgan fingerprint density at radius 3 is 2.57 bits per heavy atom. The quantitative estimate of drug-likeness (QED) is 0.309. The zero-order chi connectivity index (χ0) is 23.9. The number of thioether (sulfide) groups is 1. The Balaban J connectivity index is 1.42. The van der Waals surface area contributed by atoms with Gasteiger partial charge in [-0.25, -0.2) is 18.7 Å². The first kappa shape index (κ1) is 22.5. The molecule has 2 fully saturated rings. The average molecular weight is 508 g/mol. The van der Waals surface area contributed by atoms with Gasteiger partial charge < -0.3 is 10.2 Å². The SMILES string of the molecule is O=c1nc(N2CC3CCC(C2)N3)c2cc(F)c(Cl)nc2n1-c1cccc(SCc2ccccc2)c1. The molecule has 6 rings (SSSR count). The third-order valence-corrected chi connectivity index (χ3v) is 7.93. The second kappa shape index (κ2) is 9.26. The van der Waals surface area contributed by atoms with Gasteiger partial charge in [0.15, 0.2) is 16.6 Å². The minimum Gasteiger partial charge on any atom is -0.353 e. The lowest BCUT2D eigenvalue weighted by Crippen LogP contribution is -2.52. The summed E-state index contributed by atoms with van der Waals surface area (Å²) >= 11 is 7.77. The van der Waals surface area contributed by atoms with Crippen molar-refractivity contribution in [2.75, 3.05) is 18.0 Å². The van der Waals surface area contributed by atoms with Crippen molar-refractivity contribution in [1.82, 2.24) is 19.9 Å². The second-order valence-corrected chi connectivity index (χ2v) is 10.4. The minimum absolute atomic E-state index is 0.266. The fraction of sp³-hybridized carbons (Fsp3) is 0.269. The fourth-order valence-electron chi connectivity index (χ4n) is 4.98. The summed E-state index contributed by atoms with van der Waals surface area (Å²) in [5.74, 6) is 0.646. The van der Waals surface area contributed by atoms with E-state index >= 15 is 0 Å². The molecule has 4 heterocycles. The number of aromatic nitrogens is 3. The van der Waals surface area contributed by atoms with Crippen LogP contribution in [0, 0.1) is 5.82 Å². The number of piperazine rings is 1. The van der Waals surface area contributed by atoms with E-state index in [1.165, 1.54) is 16.2 Å². The van der Waals surface area contributed by atoms with E-state index < -0.39 is 11.5 Å². The lowest BCUT2D eigenvalue weighted by Gasteiger charge is -2.34. The van der Waals surface area contributed by atoms with Crippen LogP contribution >= 0.6 is 23.4 Å². The van der Waals surface area contributed by atoms with E-state index in [1.807, 2.05) is 42.5 Å². The Bertz CT molecular complexity index is 1450. The molecule has 2 unspecified atom stereocenters. The van der Waals surface area contributed by atoms with Crippen LogP contribution in [0.15, 0.2) is 70.4 Å². The van der Waals surface area contributed by atoms with Gasteiger partial charge in [-0.3, -0.25) is 0 Å². The summed E-state index contributed by atoms with van der Waals surface area (Å²) in [6, 6.07) is 19.9. The van der Waals surface area contributed by atoms with E-state index in [0.29, 0.717) is 34.6 Å². The van der Waals surface area contributed by atoms with Crippen LogP contribution in [0.25, 0.3) is 16.7 Å². The third-order valence-electron chi connectivity index (χ3n) is 6.60. The summed E-state index contributed by atoms with van der Waals surface area (Å²) in [4.78, 5) is 25.2. The molecule has 2 aliphatic rings. The number of rotatable bonds is 5. The molecule has 2 atom stereocenters. The molecule has 0 saturated carbocycles. The molecule has 4 aromatic rings. The number of hydrogen-bond donors (Lipinski definition) is 1. The van der Waals surface area contributed by atoms with Crippen LogP contribution in [0.2, 0.25) is 5.15 Å². The molecule has 2 aromatic carbocycles. The zero-order valence-electron chi connectivity index (χ0n) is 18.8. The Labute approximate surface area is 211 Å². The van der Waals surface area contributed by atoms with Crippen molar-refractivity contribution in [3.8, 4) is 5.69 Å². The van der Waals surface area contributed by atoms with Crippen molar-refractivity contribution >= 4 is 40.2 Å². The van der Waals surface area contributed by atoms with Gasteiger partial charge in [-0.05, 0) is 42.7 Å². The van der Waals surface area contributed by atoms with Crippen molar-refractivity contribution in [1.29, 1.82) is 0 Å². The van der Waals surface area contributed by atoms with Gasteiger partial charge in [-0.1, -0.05) is 48.0 Å². The molecule has 2 aliphatic heterocycles. The number of halogens is 2. The Kier molecular flexibility index (Phi) is 5.96. The van der Waals surface area contributed by atoms with Crippen LogP contribution in [-0.2, 0) is 5.75 Å². The number of benzene rings is 2. The predicted molar refractivity (Wildman–Crippen MR) is 138 cm³/mol. The Morgan fingerprint density at radius 2 is 1.80 bits per heavy atom. The van der Waals surface area contributed by atoms with E-state index in [-0.39, 0.29) is 5.15 Å². The predicted octanol–water partition coefficient (Wildman–Crippen LogP) is 4.81. The van der Waals surface area contributed by atoms with Gasteiger partial charge in [0.05, 0.1) is 11.1 Å². The molecule has 0 aliphatic carbocycles. The average Bonchev–Trinajstić information content (AvgIpc) is 3.21. The number of pyridine rings is 1. The largest absolute Gasteiger partial charge is 0.355 e. The maximum absolute atomic E-state index is 14.6. The summed E-state index contributed by atoms with van der Waals surface area (Å²) in [7, 11) is 0. The Hall–Kier alpha value is -2.94. The number of fused-ring (bicyclic) bond motifs is 3. The molecule has 2 bridgehead atoms. The summed E-state index contributed by atoms with van der Waals surface area (Å²) in [6.07, 6.45) is 2.17. The summed E-state index contributed by atoms with van der Waals surface area (Å²) < 4.78 is 16.0. The highest BCUT2D eigenvalue weighted by atomic mass is 35.5. The molecule has 35 heavy (non-hydrogen) atoms. The van der Waals surface area contributed by atoms with Crippen molar-refractivity contribution in [3.05, 3.63) is 87.7 Å². The van der Waals surface area contributed by atoms with Crippen LogP contribution < -0.4 is 15.9 Å². The molecule has 1 N–H and O–H groups in total. The van der Waals surface area contributed by atoms with E-state index in [1.54, 1.807) is 11.8 Å². The van der Waals surface area contributed by atoms with E-state index in [9.17, 15) is 9.18 Å². The first-order valence-corrected chi connectivity index (χ1v) is 13.0. The van der Waals surface area contributed by atoms with E-state index in [2.05, 4.69) is 32.3 Å². The molecular formula is C26H23ClFN5OS. The smallest absolute Gasteiger partial charge is 0.353 e. The van der Waals surface area contributed by atoms with Gasteiger partial charge in [0.1, 0.15) is 5.82 Å². The molecule has 2 aromatic heterocycles. The maximum Gasteiger partial charge on any atom is 0.355 e. The summed E-state index contributed by atoms with van der Waals surface area (Å²) in [5.41, 5.74) is 1.68. The summed E-state index contributed by atoms with van der Waals surface area (Å²) in [5, 5.41) is 3.79. The lowest BCUT2D eigenvalue weighted by molar-refractivity contribution is 0.463. The van der Waals surface area contributed by atoms with Crippen LogP contribution in [-0.4, -0.2) is 39.7 Å². The minimum atomic E-state index is -0.627. The zero-order valence-corrected chi connectivity index (χ0v) is 20.4. The molecular weight excluding hydrogens is 485 g/mol. The topological polar surface area (TPSA) is 63.1 Å². The van der Waals surface area contributed by atoms with Crippen LogP contribution in [0.4, 0.5) is 10.2 Å². The second-order valence-electron chi connectivity index (χ2n) is 9.00. The number of nitrogens with zero attached hydrogens (tertiary/aromatic N) is 4. The van der Waals surface area contributed by atoms with Gasteiger partial charge in [-0.2, -0.15) is 4.98 Å². The first-order chi connectivity index (χ1) is 17.0. The van der Waals surface area contributed by atoms with Gasteiger partial charge >= 0.3 is 5.69 Å². The van der Waals surface area contributed by atoms with E-state index in [0.717, 1.165) is 36.6 Å². The van der Waals surface area contributed by atoms with Crippen molar-refractivity contribution in [3.63, 3.8) is 0 Å². The number of hydrogen-bond acceptors (Lipinski definition) is 6. The van der Waals surface area contributed by atoms with Crippen LogP contribution in [0.5, 0.6) is 0 Å². The van der Waals surface area contributed by atoms with Crippen molar-refractivity contribution in [2.24, 2.45) is 0 Å². The van der Waals surface area contributed by atoms with Gasteiger partial charge in [0.25, 0.3) is 0 Å². The molecule has 178 valence electrons. The van der Waals surface area contributed by atoms with Gasteiger partial charge in [0, 0.05) is 35.8 Å². The van der Waals surface area contributed by atoms with Crippen LogP contribution in [0.1, 0.15) is 18.4 Å². The molecule has 2 saturated heterocycles. The molecule has 9 heteroatoms. The normalized spacial score (nSPS) is 19.4. The van der Waals surface area contributed by atoms with Crippen molar-refractivity contribution < 1.29 is 4.39 Å².